The van der Waals surface area contributed by atoms with Gasteiger partial charge in [0, 0.05) is 19.6 Å². The SMILES string of the molecule is CCN(CC)CCN(Cc1ccccc1)C(=O)CN. The molecule has 0 heterocycles. The Bertz CT molecular complexity index is 363. The second-order valence-corrected chi connectivity index (χ2v) is 4.53. The fraction of sp³-hybridized carbons (Fsp3) is 0.533. The molecule has 1 aromatic carbocycles. The molecule has 2 N–H and O–H groups in total. The minimum atomic E-state index is 0.0102. The number of nitrogens with two attached hydrogens (primary N) is 1. The predicted octanol–water partition coefficient (Wildman–Crippen LogP) is 1.32. The van der Waals surface area contributed by atoms with Crippen LogP contribution in [0.15, 0.2) is 30.3 Å². The Labute approximate surface area is 116 Å². The third kappa shape index (κ3) is 5.41. The Hall–Kier alpha value is -1.39. The smallest absolute Gasteiger partial charge is 0.236 e. The van der Waals surface area contributed by atoms with Crippen LogP contribution < -0.4 is 5.73 Å². The molecule has 0 radical (unpaired) electrons. The van der Waals surface area contributed by atoms with Gasteiger partial charge in [0.15, 0.2) is 0 Å². The van der Waals surface area contributed by atoms with Crippen molar-refractivity contribution >= 4 is 5.91 Å². The van der Waals surface area contributed by atoms with E-state index in [1.165, 1.54) is 0 Å². The van der Waals surface area contributed by atoms with Crippen molar-refractivity contribution in [3.8, 4) is 0 Å². The lowest BCUT2D eigenvalue weighted by Gasteiger charge is -2.26. The van der Waals surface area contributed by atoms with Crippen molar-refractivity contribution in [1.29, 1.82) is 0 Å². The fourth-order valence-corrected chi connectivity index (χ4v) is 2.03. The van der Waals surface area contributed by atoms with Gasteiger partial charge >= 0.3 is 0 Å². The zero-order chi connectivity index (χ0) is 14.1. The zero-order valence-corrected chi connectivity index (χ0v) is 12.0. The minimum Gasteiger partial charge on any atom is -0.336 e. The maximum Gasteiger partial charge on any atom is 0.236 e. The maximum atomic E-state index is 11.9. The molecular formula is C15H25N3O. The topological polar surface area (TPSA) is 49.6 Å². The zero-order valence-electron chi connectivity index (χ0n) is 12.0. The molecule has 0 atom stereocenters. The second kappa shape index (κ2) is 8.67. The third-order valence-electron chi connectivity index (χ3n) is 3.32. The van der Waals surface area contributed by atoms with E-state index < -0.39 is 0 Å². The quantitative estimate of drug-likeness (QED) is 0.769. The summed E-state index contributed by atoms with van der Waals surface area (Å²) in [6, 6.07) is 10.0. The molecule has 0 spiro atoms. The first-order valence-corrected chi connectivity index (χ1v) is 6.95. The van der Waals surface area contributed by atoms with Crippen LogP contribution in [0.3, 0.4) is 0 Å². The maximum absolute atomic E-state index is 11.9. The van der Waals surface area contributed by atoms with Crippen molar-refractivity contribution in [2.24, 2.45) is 5.73 Å². The number of rotatable bonds is 8. The van der Waals surface area contributed by atoms with Gasteiger partial charge in [-0.05, 0) is 18.7 Å². The van der Waals surface area contributed by atoms with Crippen molar-refractivity contribution in [2.45, 2.75) is 20.4 Å². The molecular weight excluding hydrogens is 238 g/mol. The number of carbonyl (C=O) groups is 1. The number of amides is 1. The second-order valence-electron chi connectivity index (χ2n) is 4.53. The highest BCUT2D eigenvalue weighted by Crippen LogP contribution is 2.05. The van der Waals surface area contributed by atoms with Crippen LogP contribution >= 0.6 is 0 Å². The minimum absolute atomic E-state index is 0.0102. The lowest BCUT2D eigenvalue weighted by atomic mass is 10.2. The summed E-state index contributed by atoms with van der Waals surface area (Å²) in [6.07, 6.45) is 0. The molecule has 0 aliphatic rings. The van der Waals surface area contributed by atoms with E-state index in [1.807, 2.05) is 35.2 Å². The molecule has 0 aliphatic heterocycles. The van der Waals surface area contributed by atoms with E-state index >= 15 is 0 Å². The van der Waals surface area contributed by atoms with E-state index in [0.717, 1.165) is 31.7 Å². The summed E-state index contributed by atoms with van der Waals surface area (Å²) < 4.78 is 0. The Kier molecular flexibility index (Phi) is 7.15. The number of hydrogen-bond acceptors (Lipinski definition) is 3. The van der Waals surface area contributed by atoms with Crippen molar-refractivity contribution in [3.05, 3.63) is 35.9 Å². The Balaban J connectivity index is 2.60. The lowest BCUT2D eigenvalue weighted by molar-refractivity contribution is -0.130. The Morgan fingerprint density at radius 1 is 1.11 bits per heavy atom. The van der Waals surface area contributed by atoms with Gasteiger partial charge in [-0.3, -0.25) is 4.79 Å². The summed E-state index contributed by atoms with van der Waals surface area (Å²) in [5.74, 6) is 0.0102. The van der Waals surface area contributed by atoms with Gasteiger partial charge in [0.25, 0.3) is 0 Å². The van der Waals surface area contributed by atoms with Gasteiger partial charge in [-0.2, -0.15) is 0 Å². The van der Waals surface area contributed by atoms with Crippen LogP contribution in [-0.4, -0.2) is 48.4 Å². The highest BCUT2D eigenvalue weighted by Gasteiger charge is 2.13. The number of benzene rings is 1. The van der Waals surface area contributed by atoms with Crippen LogP contribution in [0.4, 0.5) is 0 Å². The lowest BCUT2D eigenvalue weighted by Crippen LogP contribution is -2.41. The van der Waals surface area contributed by atoms with Crippen LogP contribution in [-0.2, 0) is 11.3 Å². The number of likely N-dealkylation sites (N-methyl/N-ethyl adjacent to an activating group) is 1. The summed E-state index contributed by atoms with van der Waals surface area (Å²) in [5, 5.41) is 0. The monoisotopic (exact) mass is 263 g/mol. The van der Waals surface area contributed by atoms with Crippen LogP contribution in [0.1, 0.15) is 19.4 Å². The molecule has 0 unspecified atom stereocenters. The first kappa shape index (κ1) is 15.7. The molecule has 4 heteroatoms. The van der Waals surface area contributed by atoms with Gasteiger partial charge < -0.3 is 15.5 Å². The van der Waals surface area contributed by atoms with Gasteiger partial charge in [0.1, 0.15) is 0 Å². The number of hydrogen-bond donors (Lipinski definition) is 1. The summed E-state index contributed by atoms with van der Waals surface area (Å²) in [6.45, 7) is 8.62. The first-order valence-electron chi connectivity index (χ1n) is 6.95. The predicted molar refractivity (Wildman–Crippen MR) is 78.7 cm³/mol. The van der Waals surface area contributed by atoms with Gasteiger partial charge in [-0.25, -0.2) is 0 Å². The number of nitrogens with zero attached hydrogens (tertiary/aromatic N) is 2. The molecule has 1 rings (SSSR count). The van der Waals surface area contributed by atoms with Crippen LogP contribution in [0.25, 0.3) is 0 Å². The molecule has 4 nitrogen and oxygen atoms in total. The Morgan fingerprint density at radius 2 is 1.74 bits per heavy atom. The van der Waals surface area contributed by atoms with Crippen LogP contribution in [0.5, 0.6) is 0 Å². The summed E-state index contributed by atoms with van der Waals surface area (Å²) in [4.78, 5) is 16.0. The van der Waals surface area contributed by atoms with Crippen molar-refractivity contribution in [1.82, 2.24) is 9.80 Å². The normalized spacial score (nSPS) is 10.7. The molecule has 0 aliphatic carbocycles. The van der Waals surface area contributed by atoms with Gasteiger partial charge in [-0.1, -0.05) is 44.2 Å². The fourth-order valence-electron chi connectivity index (χ4n) is 2.03. The molecule has 0 aromatic heterocycles. The standard InChI is InChI=1S/C15H25N3O/c1-3-17(4-2)10-11-18(15(19)12-16)13-14-8-6-5-7-9-14/h5-9H,3-4,10-13,16H2,1-2H3. The van der Waals surface area contributed by atoms with Gasteiger partial charge in [-0.15, -0.1) is 0 Å². The van der Waals surface area contributed by atoms with Crippen LogP contribution in [0, 0.1) is 0 Å². The van der Waals surface area contributed by atoms with Crippen molar-refractivity contribution in [3.63, 3.8) is 0 Å². The van der Waals surface area contributed by atoms with E-state index in [9.17, 15) is 4.79 Å². The molecule has 106 valence electrons. The summed E-state index contributed by atoms with van der Waals surface area (Å²) in [5.41, 5.74) is 6.64. The third-order valence-corrected chi connectivity index (χ3v) is 3.32. The van der Waals surface area contributed by atoms with Gasteiger partial charge in [0.2, 0.25) is 5.91 Å². The van der Waals surface area contributed by atoms with Crippen molar-refractivity contribution in [2.75, 3.05) is 32.7 Å². The van der Waals surface area contributed by atoms with E-state index in [2.05, 4.69) is 18.7 Å². The average Bonchev–Trinajstić information content (AvgIpc) is 2.47. The molecule has 0 saturated heterocycles. The van der Waals surface area contributed by atoms with Crippen molar-refractivity contribution < 1.29 is 4.79 Å². The molecule has 0 bridgehead atoms. The Morgan fingerprint density at radius 3 is 2.26 bits per heavy atom. The van der Waals surface area contributed by atoms with E-state index in [-0.39, 0.29) is 12.5 Å². The van der Waals surface area contributed by atoms with E-state index in [1.54, 1.807) is 0 Å². The van der Waals surface area contributed by atoms with Crippen LogP contribution in [0.2, 0.25) is 0 Å². The molecule has 19 heavy (non-hydrogen) atoms. The average molecular weight is 263 g/mol. The molecule has 0 fully saturated rings. The summed E-state index contributed by atoms with van der Waals surface area (Å²) >= 11 is 0. The molecule has 0 saturated carbocycles. The summed E-state index contributed by atoms with van der Waals surface area (Å²) in [7, 11) is 0. The first-order chi connectivity index (χ1) is 9.21. The molecule has 1 amide bonds. The van der Waals surface area contributed by atoms with E-state index in [0.29, 0.717) is 6.54 Å². The molecule has 1 aromatic rings. The number of carbonyl (C=O) groups excluding carboxylic acids is 1. The highest BCUT2D eigenvalue weighted by atomic mass is 16.2. The highest BCUT2D eigenvalue weighted by molar-refractivity contribution is 5.78. The van der Waals surface area contributed by atoms with Gasteiger partial charge in [0.05, 0.1) is 6.54 Å². The van der Waals surface area contributed by atoms with E-state index in [4.69, 9.17) is 5.73 Å². The largest absolute Gasteiger partial charge is 0.336 e.